The summed E-state index contributed by atoms with van der Waals surface area (Å²) in [6.45, 7) is 8.25. The molecule has 0 fully saturated rings. The third kappa shape index (κ3) is 6.66. The van der Waals surface area contributed by atoms with Gasteiger partial charge in [-0.25, -0.2) is 0 Å². The number of hydrogen-bond donors (Lipinski definition) is 0. The van der Waals surface area contributed by atoms with Crippen LogP contribution < -0.4 is 0 Å². The highest BCUT2D eigenvalue weighted by Gasteiger charge is 2.13. The smallest absolute Gasteiger partial charge is 0.00248 e. The van der Waals surface area contributed by atoms with Gasteiger partial charge >= 0.3 is 0 Å². The van der Waals surface area contributed by atoms with Crippen LogP contribution in [0.1, 0.15) is 46.5 Å². The first-order chi connectivity index (χ1) is 5.48. The zero-order valence-electron chi connectivity index (χ0n) is 9.48. The molecule has 0 bridgehead atoms. The molecule has 1 heteroatoms. The standard InChI is InChI=1S/C11H25N/c1-6-11(2,3)9-7-8-10-12(4)5/h6-10H2,1-5H3. The fourth-order valence-corrected chi connectivity index (χ4v) is 1.21. The lowest BCUT2D eigenvalue weighted by Crippen LogP contribution is -2.14. The van der Waals surface area contributed by atoms with Crippen LogP contribution in [0.25, 0.3) is 0 Å². The molecule has 0 N–H and O–H groups in total. The third-order valence-electron chi connectivity index (χ3n) is 2.67. The maximum absolute atomic E-state index is 2.36. The van der Waals surface area contributed by atoms with Gasteiger partial charge in [0.2, 0.25) is 0 Å². The van der Waals surface area contributed by atoms with Gasteiger partial charge in [-0.2, -0.15) is 0 Å². The Morgan fingerprint density at radius 3 is 2.08 bits per heavy atom. The van der Waals surface area contributed by atoms with E-state index in [2.05, 4.69) is 39.8 Å². The Kier molecular flexibility index (Phi) is 5.56. The van der Waals surface area contributed by atoms with E-state index in [1.165, 1.54) is 32.2 Å². The third-order valence-corrected chi connectivity index (χ3v) is 2.67. The summed E-state index contributed by atoms with van der Waals surface area (Å²) in [6.07, 6.45) is 5.39. The van der Waals surface area contributed by atoms with Gasteiger partial charge in [0.05, 0.1) is 0 Å². The van der Waals surface area contributed by atoms with Gasteiger partial charge in [0.1, 0.15) is 0 Å². The quantitative estimate of drug-likeness (QED) is 0.555. The first kappa shape index (κ1) is 12.0. The largest absolute Gasteiger partial charge is 0.309 e. The first-order valence-corrected chi connectivity index (χ1v) is 5.12. The summed E-state index contributed by atoms with van der Waals surface area (Å²) < 4.78 is 0. The number of nitrogens with zero attached hydrogens (tertiary/aromatic N) is 1. The molecule has 12 heavy (non-hydrogen) atoms. The molecule has 0 rings (SSSR count). The zero-order chi connectivity index (χ0) is 9.61. The number of hydrogen-bond acceptors (Lipinski definition) is 1. The Labute approximate surface area is 78.1 Å². The van der Waals surface area contributed by atoms with Crippen LogP contribution in [0.15, 0.2) is 0 Å². The van der Waals surface area contributed by atoms with Crippen molar-refractivity contribution in [3.05, 3.63) is 0 Å². The molecule has 74 valence electrons. The molecule has 0 aliphatic heterocycles. The maximum Gasteiger partial charge on any atom is -0.00248 e. The highest BCUT2D eigenvalue weighted by Crippen LogP contribution is 2.26. The minimum atomic E-state index is 0.562. The number of rotatable bonds is 6. The minimum absolute atomic E-state index is 0.562. The molecule has 0 aromatic carbocycles. The average Bonchev–Trinajstić information content (AvgIpc) is 1.98. The Morgan fingerprint density at radius 2 is 1.67 bits per heavy atom. The Morgan fingerprint density at radius 1 is 1.08 bits per heavy atom. The van der Waals surface area contributed by atoms with Crippen LogP contribution in [0, 0.1) is 5.41 Å². The van der Waals surface area contributed by atoms with Crippen LogP contribution in [-0.4, -0.2) is 25.5 Å². The lowest BCUT2D eigenvalue weighted by atomic mass is 9.85. The Hall–Kier alpha value is -0.0400. The predicted octanol–water partition coefficient (Wildman–Crippen LogP) is 3.15. The second-order valence-corrected chi connectivity index (χ2v) is 4.78. The van der Waals surface area contributed by atoms with E-state index in [0.717, 1.165) is 0 Å². The van der Waals surface area contributed by atoms with Gasteiger partial charge in [-0.3, -0.25) is 0 Å². The molecule has 0 atom stereocenters. The molecule has 0 aliphatic carbocycles. The molecule has 0 saturated heterocycles. The fourth-order valence-electron chi connectivity index (χ4n) is 1.21. The van der Waals surface area contributed by atoms with E-state index >= 15 is 0 Å². The minimum Gasteiger partial charge on any atom is -0.309 e. The van der Waals surface area contributed by atoms with Gasteiger partial charge in [0.15, 0.2) is 0 Å². The van der Waals surface area contributed by atoms with Crippen molar-refractivity contribution in [2.45, 2.75) is 46.5 Å². The van der Waals surface area contributed by atoms with Gasteiger partial charge in [0, 0.05) is 0 Å². The summed E-state index contributed by atoms with van der Waals surface area (Å²) in [5, 5.41) is 0. The fraction of sp³-hybridized carbons (Fsp3) is 1.00. The van der Waals surface area contributed by atoms with Crippen molar-refractivity contribution in [2.75, 3.05) is 20.6 Å². The van der Waals surface area contributed by atoms with E-state index in [1.807, 2.05) is 0 Å². The van der Waals surface area contributed by atoms with Crippen molar-refractivity contribution in [2.24, 2.45) is 5.41 Å². The van der Waals surface area contributed by atoms with E-state index in [0.29, 0.717) is 5.41 Å². The molecule has 0 heterocycles. The summed E-state index contributed by atoms with van der Waals surface area (Å²) in [7, 11) is 4.29. The predicted molar refractivity (Wildman–Crippen MR) is 56.5 cm³/mol. The zero-order valence-corrected chi connectivity index (χ0v) is 9.48. The molecular weight excluding hydrogens is 146 g/mol. The van der Waals surface area contributed by atoms with Crippen LogP contribution in [0.2, 0.25) is 0 Å². The molecule has 0 aliphatic rings. The molecule has 0 unspecified atom stereocenters. The van der Waals surface area contributed by atoms with E-state index in [-0.39, 0.29) is 0 Å². The van der Waals surface area contributed by atoms with Crippen molar-refractivity contribution < 1.29 is 0 Å². The van der Waals surface area contributed by atoms with Crippen LogP contribution in [-0.2, 0) is 0 Å². The molecule has 0 amide bonds. The molecule has 0 saturated carbocycles. The van der Waals surface area contributed by atoms with Crippen molar-refractivity contribution >= 4 is 0 Å². The summed E-state index contributed by atoms with van der Waals surface area (Å²) in [5.74, 6) is 0. The second-order valence-electron chi connectivity index (χ2n) is 4.78. The van der Waals surface area contributed by atoms with E-state index < -0.39 is 0 Å². The summed E-state index contributed by atoms with van der Waals surface area (Å²) in [5.41, 5.74) is 0.562. The second kappa shape index (κ2) is 5.58. The van der Waals surface area contributed by atoms with Gasteiger partial charge < -0.3 is 4.90 Å². The van der Waals surface area contributed by atoms with Gasteiger partial charge in [-0.15, -0.1) is 0 Å². The SMILES string of the molecule is CCC(C)(C)CCCCN(C)C. The van der Waals surface area contributed by atoms with Crippen LogP contribution in [0.3, 0.4) is 0 Å². The molecule has 0 radical (unpaired) electrons. The highest BCUT2D eigenvalue weighted by molar-refractivity contribution is 4.66. The Balaban J connectivity index is 3.31. The average molecular weight is 171 g/mol. The molecule has 0 aromatic rings. The topological polar surface area (TPSA) is 3.24 Å². The van der Waals surface area contributed by atoms with Gasteiger partial charge in [-0.1, -0.05) is 33.6 Å². The van der Waals surface area contributed by atoms with Gasteiger partial charge in [-0.05, 0) is 38.9 Å². The lowest BCUT2D eigenvalue weighted by Gasteiger charge is -2.22. The van der Waals surface area contributed by atoms with E-state index in [1.54, 1.807) is 0 Å². The highest BCUT2D eigenvalue weighted by atomic mass is 15.0. The molecule has 0 aromatic heterocycles. The van der Waals surface area contributed by atoms with Crippen molar-refractivity contribution in [3.63, 3.8) is 0 Å². The van der Waals surface area contributed by atoms with E-state index in [4.69, 9.17) is 0 Å². The van der Waals surface area contributed by atoms with Crippen molar-refractivity contribution in [3.8, 4) is 0 Å². The summed E-state index contributed by atoms with van der Waals surface area (Å²) >= 11 is 0. The maximum atomic E-state index is 2.36. The summed E-state index contributed by atoms with van der Waals surface area (Å²) in [6, 6.07) is 0. The normalized spacial score (nSPS) is 12.5. The van der Waals surface area contributed by atoms with Crippen molar-refractivity contribution in [1.29, 1.82) is 0 Å². The molecular formula is C11H25N. The number of unbranched alkanes of at least 4 members (excludes halogenated alkanes) is 1. The first-order valence-electron chi connectivity index (χ1n) is 5.12. The van der Waals surface area contributed by atoms with Crippen molar-refractivity contribution in [1.82, 2.24) is 4.90 Å². The monoisotopic (exact) mass is 171 g/mol. The van der Waals surface area contributed by atoms with Crippen LogP contribution >= 0.6 is 0 Å². The summed E-state index contributed by atoms with van der Waals surface area (Å²) in [4.78, 5) is 2.26. The molecule has 1 nitrogen and oxygen atoms in total. The van der Waals surface area contributed by atoms with E-state index in [9.17, 15) is 0 Å². The Bertz CT molecular complexity index is 106. The van der Waals surface area contributed by atoms with Crippen LogP contribution in [0.4, 0.5) is 0 Å². The lowest BCUT2D eigenvalue weighted by molar-refractivity contribution is 0.296. The van der Waals surface area contributed by atoms with Gasteiger partial charge in [0.25, 0.3) is 0 Å². The molecule has 0 spiro atoms. The van der Waals surface area contributed by atoms with Crippen LogP contribution in [0.5, 0.6) is 0 Å².